The number of hydrogen-bond acceptors (Lipinski definition) is 3. The lowest BCUT2D eigenvalue weighted by atomic mass is 9.84. The second-order valence-corrected chi connectivity index (χ2v) is 7.61. The van der Waals surface area contributed by atoms with Gasteiger partial charge < -0.3 is 16.4 Å². The van der Waals surface area contributed by atoms with Gasteiger partial charge in [-0.3, -0.25) is 9.59 Å². The third kappa shape index (κ3) is 4.60. The average molecular weight is 345 g/mol. The number of nitrogens with two attached hydrogens (primary N) is 1. The van der Waals surface area contributed by atoms with Crippen molar-refractivity contribution in [3.63, 3.8) is 0 Å². The van der Waals surface area contributed by atoms with Gasteiger partial charge in [-0.25, -0.2) is 0 Å². The maximum Gasteiger partial charge on any atom is 0.232 e. The highest BCUT2D eigenvalue weighted by Crippen LogP contribution is 2.38. The van der Waals surface area contributed by atoms with Crippen LogP contribution in [0, 0.1) is 25.2 Å². The van der Waals surface area contributed by atoms with Crippen LogP contribution in [0.4, 0.5) is 5.69 Å². The van der Waals surface area contributed by atoms with E-state index in [1.165, 1.54) is 5.56 Å². The quantitative estimate of drug-likeness (QED) is 0.741. The molecule has 2 unspecified atom stereocenters. The van der Waals surface area contributed by atoms with E-state index in [1.807, 2.05) is 39.0 Å². The topological polar surface area (TPSA) is 84.2 Å². The van der Waals surface area contributed by atoms with Gasteiger partial charge in [-0.1, -0.05) is 25.8 Å². The minimum absolute atomic E-state index is 0.00185. The Hall–Kier alpha value is -1.88. The third-order valence-corrected chi connectivity index (χ3v) is 5.61. The molecule has 1 aliphatic rings. The highest BCUT2D eigenvalue weighted by Gasteiger charge is 2.41. The van der Waals surface area contributed by atoms with Crippen LogP contribution in [-0.2, 0) is 9.59 Å². The van der Waals surface area contributed by atoms with E-state index in [0.29, 0.717) is 6.54 Å². The molecule has 0 aliphatic heterocycles. The standard InChI is InChI=1S/C20H31N3O2/c1-13-7-8-17(11-14(13)2)23-19(25)20(9-5-6-10-20)12-22-18(24)15(3)16(4)21/h7-8,11,15-16H,5-6,9-10,12,21H2,1-4H3,(H,22,24)(H,23,25). The van der Waals surface area contributed by atoms with Crippen LogP contribution in [0.5, 0.6) is 0 Å². The Morgan fingerprint density at radius 1 is 1.16 bits per heavy atom. The van der Waals surface area contributed by atoms with E-state index in [4.69, 9.17) is 5.73 Å². The zero-order valence-corrected chi connectivity index (χ0v) is 15.8. The number of carbonyl (C=O) groups is 2. The van der Waals surface area contributed by atoms with Crippen LogP contribution in [0.15, 0.2) is 18.2 Å². The zero-order chi connectivity index (χ0) is 18.6. The summed E-state index contributed by atoms with van der Waals surface area (Å²) in [5, 5.41) is 6.01. The van der Waals surface area contributed by atoms with E-state index >= 15 is 0 Å². The van der Waals surface area contributed by atoms with Crippen LogP contribution >= 0.6 is 0 Å². The molecular formula is C20H31N3O2. The van der Waals surface area contributed by atoms with Gasteiger partial charge in [0.25, 0.3) is 0 Å². The molecule has 1 fully saturated rings. The van der Waals surface area contributed by atoms with Crippen LogP contribution in [0.25, 0.3) is 0 Å². The first-order valence-electron chi connectivity index (χ1n) is 9.17. The summed E-state index contributed by atoms with van der Waals surface area (Å²) in [6.07, 6.45) is 3.63. The molecule has 0 spiro atoms. The second kappa shape index (κ2) is 8.00. The number of hydrogen-bond donors (Lipinski definition) is 3. The minimum atomic E-state index is -0.522. The van der Waals surface area contributed by atoms with Gasteiger partial charge in [0, 0.05) is 24.2 Å². The Labute approximate surface area is 150 Å². The number of nitrogens with one attached hydrogen (secondary N) is 2. The Kier molecular flexibility index (Phi) is 6.22. The highest BCUT2D eigenvalue weighted by molar-refractivity contribution is 5.96. The first-order valence-corrected chi connectivity index (χ1v) is 9.17. The van der Waals surface area contributed by atoms with Crippen molar-refractivity contribution >= 4 is 17.5 Å². The molecule has 0 heterocycles. The number of carbonyl (C=O) groups excluding carboxylic acids is 2. The van der Waals surface area contributed by atoms with Gasteiger partial charge in [-0.2, -0.15) is 0 Å². The molecule has 5 heteroatoms. The fraction of sp³-hybridized carbons (Fsp3) is 0.600. The van der Waals surface area contributed by atoms with Crippen LogP contribution in [0.3, 0.4) is 0 Å². The molecular weight excluding hydrogens is 314 g/mol. The fourth-order valence-corrected chi connectivity index (χ4v) is 3.27. The molecule has 1 saturated carbocycles. The van der Waals surface area contributed by atoms with Crippen molar-refractivity contribution in [2.75, 3.05) is 11.9 Å². The number of rotatable bonds is 6. The van der Waals surface area contributed by atoms with E-state index in [-0.39, 0.29) is 23.8 Å². The number of anilines is 1. The molecule has 1 aromatic carbocycles. The Morgan fingerprint density at radius 2 is 1.80 bits per heavy atom. The first kappa shape index (κ1) is 19.4. The largest absolute Gasteiger partial charge is 0.355 e. The lowest BCUT2D eigenvalue weighted by Crippen LogP contribution is -2.47. The molecule has 1 aromatic rings. The lowest BCUT2D eigenvalue weighted by molar-refractivity contribution is -0.128. The second-order valence-electron chi connectivity index (χ2n) is 7.61. The smallest absolute Gasteiger partial charge is 0.232 e. The molecule has 0 radical (unpaired) electrons. The SMILES string of the molecule is Cc1ccc(NC(=O)C2(CNC(=O)C(C)C(C)N)CCCC2)cc1C. The molecule has 5 nitrogen and oxygen atoms in total. The van der Waals surface area contributed by atoms with Crippen molar-refractivity contribution in [2.24, 2.45) is 17.1 Å². The Balaban J connectivity index is 2.06. The summed E-state index contributed by atoms with van der Waals surface area (Å²) >= 11 is 0. The lowest BCUT2D eigenvalue weighted by Gasteiger charge is -2.29. The summed E-state index contributed by atoms with van der Waals surface area (Å²) in [5.74, 6) is -0.344. The Bertz CT molecular complexity index is 634. The third-order valence-electron chi connectivity index (χ3n) is 5.61. The average Bonchev–Trinajstić information content (AvgIpc) is 3.05. The van der Waals surface area contributed by atoms with Crippen LogP contribution in [0.1, 0.15) is 50.7 Å². The molecule has 25 heavy (non-hydrogen) atoms. The van der Waals surface area contributed by atoms with E-state index in [0.717, 1.165) is 36.9 Å². The zero-order valence-electron chi connectivity index (χ0n) is 15.8. The van der Waals surface area contributed by atoms with Gasteiger partial charge in [0.15, 0.2) is 0 Å². The summed E-state index contributed by atoms with van der Waals surface area (Å²) in [6.45, 7) is 8.10. The number of benzene rings is 1. The molecule has 1 aliphatic carbocycles. The van der Waals surface area contributed by atoms with Crippen LogP contribution in [0.2, 0.25) is 0 Å². The molecule has 2 rings (SSSR count). The van der Waals surface area contributed by atoms with Gasteiger partial charge >= 0.3 is 0 Å². The normalized spacial score (nSPS) is 18.4. The van der Waals surface area contributed by atoms with Gasteiger partial charge in [0.1, 0.15) is 0 Å². The molecule has 2 amide bonds. The van der Waals surface area contributed by atoms with E-state index < -0.39 is 5.41 Å². The molecule has 0 bridgehead atoms. The maximum absolute atomic E-state index is 13.0. The summed E-state index contributed by atoms with van der Waals surface area (Å²) in [6, 6.07) is 5.73. The summed E-state index contributed by atoms with van der Waals surface area (Å²) in [5.41, 5.74) is 8.44. The number of aryl methyl sites for hydroxylation is 2. The van der Waals surface area contributed by atoms with Gasteiger partial charge in [-0.15, -0.1) is 0 Å². The minimum Gasteiger partial charge on any atom is -0.355 e. The van der Waals surface area contributed by atoms with Gasteiger partial charge in [-0.05, 0) is 56.9 Å². The Morgan fingerprint density at radius 3 is 2.36 bits per heavy atom. The summed E-state index contributed by atoms with van der Waals surface area (Å²) in [4.78, 5) is 25.2. The predicted octanol–water partition coefficient (Wildman–Crippen LogP) is 2.90. The van der Waals surface area contributed by atoms with Crippen molar-refractivity contribution in [3.8, 4) is 0 Å². The van der Waals surface area contributed by atoms with Crippen molar-refractivity contribution in [1.29, 1.82) is 0 Å². The van der Waals surface area contributed by atoms with E-state index in [1.54, 1.807) is 0 Å². The van der Waals surface area contributed by atoms with E-state index in [2.05, 4.69) is 17.6 Å². The van der Waals surface area contributed by atoms with Crippen LogP contribution < -0.4 is 16.4 Å². The molecule has 4 N–H and O–H groups in total. The number of amides is 2. The monoisotopic (exact) mass is 345 g/mol. The summed E-state index contributed by atoms with van der Waals surface area (Å²) in [7, 11) is 0. The van der Waals surface area contributed by atoms with Crippen LogP contribution in [-0.4, -0.2) is 24.4 Å². The summed E-state index contributed by atoms with van der Waals surface area (Å²) < 4.78 is 0. The van der Waals surface area contributed by atoms with Crippen molar-refractivity contribution in [3.05, 3.63) is 29.3 Å². The molecule has 138 valence electrons. The van der Waals surface area contributed by atoms with Gasteiger partial charge in [0.2, 0.25) is 11.8 Å². The molecule has 0 aromatic heterocycles. The molecule has 0 saturated heterocycles. The van der Waals surface area contributed by atoms with Crippen molar-refractivity contribution in [2.45, 2.75) is 59.4 Å². The fourth-order valence-electron chi connectivity index (χ4n) is 3.27. The predicted molar refractivity (Wildman–Crippen MR) is 101 cm³/mol. The van der Waals surface area contributed by atoms with Gasteiger partial charge in [0.05, 0.1) is 5.41 Å². The molecule has 2 atom stereocenters. The first-order chi connectivity index (χ1) is 11.7. The van der Waals surface area contributed by atoms with Crippen molar-refractivity contribution < 1.29 is 9.59 Å². The maximum atomic E-state index is 13.0. The van der Waals surface area contributed by atoms with E-state index in [9.17, 15) is 9.59 Å². The highest BCUT2D eigenvalue weighted by atomic mass is 16.2. The van der Waals surface area contributed by atoms with Crippen molar-refractivity contribution in [1.82, 2.24) is 5.32 Å².